The Bertz CT molecular complexity index is 630. The first-order chi connectivity index (χ1) is 11.5. The van der Waals surface area contributed by atoms with Crippen molar-refractivity contribution < 1.29 is 51.5 Å². The number of carbonyl (C=O) groups is 1. The van der Waals surface area contributed by atoms with Crippen molar-refractivity contribution in [1.29, 1.82) is 0 Å². The van der Waals surface area contributed by atoms with Crippen molar-refractivity contribution in [2.45, 2.75) is 57.3 Å². The number of aliphatic hydroxyl groups is 2. The molecule has 0 bridgehead atoms. The number of hydrogen-bond donors (Lipinski definition) is 4. The van der Waals surface area contributed by atoms with E-state index in [2.05, 4.69) is 4.18 Å². The molecule has 0 amide bonds. The molecule has 7 atom stereocenters. The van der Waals surface area contributed by atoms with E-state index in [1.807, 2.05) is 0 Å². The number of hydrogen-bond acceptors (Lipinski definition) is 9. The molecule has 0 radical (unpaired) electrons. The van der Waals surface area contributed by atoms with Crippen LogP contribution in [-0.4, -0.2) is 71.3 Å². The van der Waals surface area contributed by atoms with Crippen LogP contribution in [0.25, 0.3) is 0 Å². The van der Waals surface area contributed by atoms with E-state index in [0.29, 0.717) is 0 Å². The average molecular weight is 384 g/mol. The summed E-state index contributed by atoms with van der Waals surface area (Å²) < 4.78 is 51.6. The van der Waals surface area contributed by atoms with Crippen LogP contribution >= 0.6 is 0 Å². The number of carboxylic acids is 1. The molecule has 0 aromatic rings. The largest absolute Gasteiger partial charge is 0.475 e. The van der Waals surface area contributed by atoms with Crippen LogP contribution in [0.4, 0.5) is 0 Å². The van der Waals surface area contributed by atoms with Crippen molar-refractivity contribution in [3.8, 4) is 0 Å². The molecule has 4 unspecified atom stereocenters. The van der Waals surface area contributed by atoms with Crippen molar-refractivity contribution in [2.75, 3.05) is 0 Å². The average Bonchev–Trinajstić information content (AvgIpc) is 2.46. The van der Waals surface area contributed by atoms with Gasteiger partial charge in [-0.25, -0.2) is 8.98 Å². The van der Waals surface area contributed by atoms with Crippen molar-refractivity contribution in [2.24, 2.45) is 5.92 Å². The van der Waals surface area contributed by atoms with Crippen LogP contribution in [0.5, 0.6) is 0 Å². The number of rotatable bonds is 5. The topological polar surface area (TPSA) is 169 Å². The highest BCUT2D eigenvalue weighted by molar-refractivity contribution is 7.80. The van der Waals surface area contributed by atoms with Crippen molar-refractivity contribution in [3.05, 3.63) is 11.8 Å². The van der Waals surface area contributed by atoms with E-state index < -0.39 is 65.0 Å². The van der Waals surface area contributed by atoms with Crippen LogP contribution in [-0.2, 0) is 33.6 Å². The van der Waals surface area contributed by atoms with Gasteiger partial charge in [0, 0.05) is 12.3 Å². The number of aliphatic carboxylic acids is 1. The molecule has 2 aliphatic heterocycles. The summed E-state index contributed by atoms with van der Waals surface area (Å²) in [5, 5.41) is 28.5. The maximum atomic E-state index is 11.1. The Morgan fingerprint density at radius 3 is 2.48 bits per heavy atom. The Morgan fingerprint density at radius 1 is 1.28 bits per heavy atom. The predicted octanol–water partition coefficient (Wildman–Crippen LogP) is -0.991. The van der Waals surface area contributed by atoms with Gasteiger partial charge in [0.25, 0.3) is 0 Å². The molecule has 0 aromatic heterocycles. The van der Waals surface area contributed by atoms with Gasteiger partial charge in [0.15, 0.2) is 6.29 Å². The quantitative estimate of drug-likeness (QED) is 0.429. The van der Waals surface area contributed by atoms with Gasteiger partial charge in [0.1, 0.15) is 12.2 Å². The van der Waals surface area contributed by atoms with Gasteiger partial charge in [-0.1, -0.05) is 6.92 Å². The Balaban J connectivity index is 2.19. The molecule has 4 N–H and O–H groups in total. The first-order valence-electron chi connectivity index (χ1n) is 7.42. The summed E-state index contributed by atoms with van der Waals surface area (Å²) in [6, 6.07) is 0. The van der Waals surface area contributed by atoms with Crippen LogP contribution < -0.4 is 0 Å². The van der Waals surface area contributed by atoms with Gasteiger partial charge in [-0.2, -0.15) is 8.42 Å². The third kappa shape index (κ3) is 5.10. The summed E-state index contributed by atoms with van der Waals surface area (Å²) >= 11 is 0. The number of ether oxygens (including phenoxy) is 3. The molecule has 2 heterocycles. The lowest BCUT2D eigenvalue weighted by molar-refractivity contribution is -0.290. The van der Waals surface area contributed by atoms with E-state index in [9.17, 15) is 23.4 Å². The summed E-state index contributed by atoms with van der Waals surface area (Å²) in [4.78, 5) is 11.0. The highest BCUT2D eigenvalue weighted by Crippen LogP contribution is 2.32. The molecule has 2 rings (SSSR count). The van der Waals surface area contributed by atoms with Crippen LogP contribution in [0, 0.1) is 5.92 Å². The second-order valence-corrected chi connectivity index (χ2v) is 6.91. The third-order valence-electron chi connectivity index (χ3n) is 3.90. The molecule has 0 aromatic carbocycles. The summed E-state index contributed by atoms with van der Waals surface area (Å²) in [6.45, 7) is 2.88. The maximum absolute atomic E-state index is 11.1. The second kappa shape index (κ2) is 7.53. The summed E-state index contributed by atoms with van der Waals surface area (Å²) in [5.74, 6) is -2.82. The lowest BCUT2D eigenvalue weighted by atomic mass is 9.93. The van der Waals surface area contributed by atoms with Crippen LogP contribution in [0.15, 0.2) is 11.8 Å². The van der Waals surface area contributed by atoms with Gasteiger partial charge in [-0.3, -0.25) is 4.55 Å². The van der Waals surface area contributed by atoms with Crippen LogP contribution in [0.3, 0.4) is 0 Å². The van der Waals surface area contributed by atoms with E-state index in [0.717, 1.165) is 6.08 Å². The maximum Gasteiger partial charge on any atom is 0.397 e. The molecule has 12 heteroatoms. The first-order valence-corrected chi connectivity index (χ1v) is 8.79. The molecule has 144 valence electrons. The van der Waals surface area contributed by atoms with Gasteiger partial charge in [0.2, 0.25) is 12.0 Å². The Morgan fingerprint density at radius 2 is 1.92 bits per heavy atom. The number of aliphatic hydroxyl groups excluding tert-OH is 2. The van der Waals surface area contributed by atoms with Gasteiger partial charge in [0.05, 0.1) is 12.2 Å². The third-order valence-corrected chi connectivity index (χ3v) is 4.36. The molecule has 25 heavy (non-hydrogen) atoms. The van der Waals surface area contributed by atoms with E-state index in [-0.39, 0.29) is 6.42 Å². The lowest BCUT2D eigenvalue weighted by Crippen LogP contribution is -2.56. The van der Waals surface area contributed by atoms with Gasteiger partial charge in [-0.15, -0.1) is 0 Å². The van der Waals surface area contributed by atoms with E-state index >= 15 is 0 Å². The Labute approximate surface area is 143 Å². The summed E-state index contributed by atoms with van der Waals surface area (Å²) in [7, 11) is -4.85. The zero-order valence-electron chi connectivity index (χ0n) is 13.4. The summed E-state index contributed by atoms with van der Waals surface area (Å²) in [6.07, 6.45) is -6.19. The van der Waals surface area contributed by atoms with Crippen molar-refractivity contribution in [3.63, 3.8) is 0 Å². The van der Waals surface area contributed by atoms with Crippen molar-refractivity contribution >= 4 is 16.4 Å². The van der Waals surface area contributed by atoms with Gasteiger partial charge < -0.3 is 29.5 Å². The zero-order valence-corrected chi connectivity index (χ0v) is 14.2. The lowest BCUT2D eigenvalue weighted by Gasteiger charge is -2.43. The van der Waals surface area contributed by atoms with Crippen LogP contribution in [0.2, 0.25) is 0 Å². The fraction of sp³-hybridized carbons (Fsp3) is 0.769. The van der Waals surface area contributed by atoms with E-state index in [1.165, 1.54) is 13.8 Å². The molecule has 1 saturated heterocycles. The zero-order chi connectivity index (χ0) is 18.9. The second-order valence-electron chi connectivity index (χ2n) is 5.87. The molecular formula is C13H20O11S. The highest BCUT2D eigenvalue weighted by atomic mass is 32.3. The normalized spacial score (nSPS) is 39.4. The SMILES string of the molecule is CC1C(O)OC(C)[C@@H](O[C@H]2C[C@@H](O)C=C(C(=O)O)O2)C1OS(=O)(=O)O. The van der Waals surface area contributed by atoms with Crippen molar-refractivity contribution in [1.82, 2.24) is 0 Å². The molecule has 2 aliphatic rings. The molecule has 0 aliphatic carbocycles. The highest BCUT2D eigenvalue weighted by Gasteiger charge is 2.46. The Kier molecular flexibility index (Phi) is 6.04. The monoisotopic (exact) mass is 384 g/mol. The molecule has 11 nitrogen and oxygen atoms in total. The van der Waals surface area contributed by atoms with E-state index in [1.54, 1.807) is 0 Å². The minimum absolute atomic E-state index is 0.116. The first kappa shape index (κ1) is 20.0. The minimum atomic E-state index is -4.85. The fourth-order valence-electron chi connectivity index (χ4n) is 2.67. The fourth-order valence-corrected chi connectivity index (χ4v) is 3.24. The molecule has 1 fully saturated rings. The smallest absolute Gasteiger partial charge is 0.397 e. The van der Waals surface area contributed by atoms with E-state index in [4.69, 9.17) is 23.9 Å². The minimum Gasteiger partial charge on any atom is -0.475 e. The molecule has 0 saturated carbocycles. The Hall–Kier alpha value is -1.28. The van der Waals surface area contributed by atoms with Gasteiger partial charge in [-0.05, 0) is 13.0 Å². The van der Waals surface area contributed by atoms with Gasteiger partial charge >= 0.3 is 16.4 Å². The number of carboxylic acid groups (broad SMARTS) is 1. The standard InChI is InChI=1S/C13H20O11S/c1-5-10(24-25(18,19)20)11(6(2)21-13(5)17)23-9-4-7(14)3-8(22-9)12(15)16/h3,5-7,9-11,13-14,17H,4H2,1-2H3,(H,15,16)(H,18,19,20)/t5?,6?,7-,9-,10?,11+,13?/m0/s1. The van der Waals surface area contributed by atoms with Crippen LogP contribution in [0.1, 0.15) is 20.3 Å². The molecule has 0 spiro atoms. The predicted molar refractivity (Wildman–Crippen MR) is 78.2 cm³/mol. The molecular weight excluding hydrogens is 364 g/mol. The summed E-state index contributed by atoms with van der Waals surface area (Å²) in [5.41, 5.74) is 0.